The van der Waals surface area contributed by atoms with Crippen LogP contribution in [-0.4, -0.2) is 56.4 Å². The van der Waals surface area contributed by atoms with Crippen LogP contribution in [0.1, 0.15) is 78.6 Å². The molecule has 0 aromatic carbocycles. The second-order valence-electron chi connectivity index (χ2n) is 7.15. The molecule has 0 radical (unpaired) electrons. The third-order valence-corrected chi connectivity index (χ3v) is 6.27. The standard InChI is InChI=1S/C21H42O4S/c1-5-8-11-14-23-17-18-19(24-15-12-9-6-2)20(21(22-4)26-18)25-16-13-10-7-3/h18-21H,5-17H2,1-4H3/t18-,19-,20+,21?/m0/s1. The molecule has 0 bridgehead atoms. The highest BCUT2D eigenvalue weighted by atomic mass is 32.2. The summed E-state index contributed by atoms with van der Waals surface area (Å²) in [5.41, 5.74) is 0.0389. The number of unbranched alkanes of at least 4 members (excludes halogenated alkanes) is 6. The molecule has 0 amide bonds. The van der Waals surface area contributed by atoms with Crippen molar-refractivity contribution in [3.8, 4) is 0 Å². The minimum atomic E-state index is 0.00715. The molecular weight excluding hydrogens is 348 g/mol. The molecule has 0 N–H and O–H groups in total. The topological polar surface area (TPSA) is 36.9 Å². The number of rotatable bonds is 17. The fourth-order valence-electron chi connectivity index (χ4n) is 3.19. The highest BCUT2D eigenvalue weighted by Gasteiger charge is 2.46. The average molecular weight is 391 g/mol. The first kappa shape index (κ1) is 24.2. The van der Waals surface area contributed by atoms with Gasteiger partial charge in [0.05, 0.1) is 11.9 Å². The van der Waals surface area contributed by atoms with Gasteiger partial charge in [-0.05, 0) is 19.3 Å². The molecule has 0 aliphatic carbocycles. The summed E-state index contributed by atoms with van der Waals surface area (Å²) in [5.74, 6) is 0. The SMILES string of the molecule is CCCCCOC[C@@H]1SC(OC)[C@H](OCCCCC)[C@H]1OCCCCC. The molecule has 0 aromatic rings. The van der Waals surface area contributed by atoms with Gasteiger partial charge in [0.25, 0.3) is 0 Å². The van der Waals surface area contributed by atoms with Crippen molar-refractivity contribution in [2.75, 3.05) is 33.5 Å². The van der Waals surface area contributed by atoms with E-state index in [0.29, 0.717) is 5.25 Å². The number of hydrogen-bond acceptors (Lipinski definition) is 5. The van der Waals surface area contributed by atoms with Crippen molar-refractivity contribution in [3.05, 3.63) is 0 Å². The quantitative estimate of drug-likeness (QED) is 0.309. The lowest BCUT2D eigenvalue weighted by molar-refractivity contribution is -0.103. The lowest BCUT2D eigenvalue weighted by atomic mass is 10.1. The van der Waals surface area contributed by atoms with Gasteiger partial charge in [0.2, 0.25) is 0 Å². The Morgan fingerprint density at radius 3 is 1.77 bits per heavy atom. The van der Waals surface area contributed by atoms with Crippen molar-refractivity contribution in [3.63, 3.8) is 0 Å². The van der Waals surface area contributed by atoms with Gasteiger partial charge in [0.1, 0.15) is 17.6 Å². The van der Waals surface area contributed by atoms with Gasteiger partial charge in [-0.15, -0.1) is 11.8 Å². The Bertz CT molecular complexity index is 316. The molecule has 5 heteroatoms. The molecule has 1 aliphatic rings. The van der Waals surface area contributed by atoms with E-state index in [1.807, 2.05) is 11.8 Å². The van der Waals surface area contributed by atoms with Gasteiger partial charge in [-0.25, -0.2) is 0 Å². The Morgan fingerprint density at radius 1 is 0.692 bits per heavy atom. The van der Waals surface area contributed by atoms with E-state index >= 15 is 0 Å². The van der Waals surface area contributed by atoms with Crippen LogP contribution in [0.2, 0.25) is 0 Å². The third-order valence-electron chi connectivity index (χ3n) is 4.79. The highest BCUT2D eigenvalue weighted by molar-refractivity contribution is 8.00. The Balaban J connectivity index is 2.54. The Hall–Kier alpha value is 0.190. The molecule has 4 atom stereocenters. The summed E-state index contributed by atoms with van der Waals surface area (Å²) in [7, 11) is 1.78. The first-order valence-electron chi connectivity index (χ1n) is 10.8. The molecule has 1 heterocycles. The monoisotopic (exact) mass is 390 g/mol. The molecule has 0 aromatic heterocycles. The fourth-order valence-corrected chi connectivity index (χ4v) is 4.60. The number of methoxy groups -OCH3 is 1. The maximum atomic E-state index is 6.29. The second-order valence-corrected chi connectivity index (χ2v) is 8.49. The number of thioether (sulfide) groups is 1. The smallest absolute Gasteiger partial charge is 0.132 e. The normalized spacial score (nSPS) is 25.8. The summed E-state index contributed by atoms with van der Waals surface area (Å²) in [5, 5.41) is 0.291. The maximum Gasteiger partial charge on any atom is 0.132 e. The van der Waals surface area contributed by atoms with E-state index in [4.69, 9.17) is 18.9 Å². The van der Waals surface area contributed by atoms with Crippen LogP contribution in [0.15, 0.2) is 0 Å². The van der Waals surface area contributed by atoms with Crippen molar-refractivity contribution in [1.82, 2.24) is 0 Å². The average Bonchev–Trinajstić information content (AvgIpc) is 2.99. The van der Waals surface area contributed by atoms with Gasteiger partial charge in [0, 0.05) is 26.9 Å². The Labute approximate surface area is 166 Å². The molecule has 0 saturated carbocycles. The Morgan fingerprint density at radius 2 is 1.23 bits per heavy atom. The third kappa shape index (κ3) is 9.41. The van der Waals surface area contributed by atoms with Gasteiger partial charge in [-0.2, -0.15) is 0 Å². The van der Waals surface area contributed by atoms with Crippen LogP contribution in [0.3, 0.4) is 0 Å². The van der Waals surface area contributed by atoms with Crippen LogP contribution >= 0.6 is 11.8 Å². The molecule has 1 fully saturated rings. The number of hydrogen-bond donors (Lipinski definition) is 0. The van der Waals surface area contributed by atoms with E-state index < -0.39 is 0 Å². The molecule has 4 nitrogen and oxygen atoms in total. The van der Waals surface area contributed by atoms with Crippen LogP contribution in [0.25, 0.3) is 0 Å². The van der Waals surface area contributed by atoms with Gasteiger partial charge in [0.15, 0.2) is 0 Å². The van der Waals surface area contributed by atoms with E-state index in [1.54, 1.807) is 7.11 Å². The van der Waals surface area contributed by atoms with E-state index in [2.05, 4.69) is 20.8 Å². The summed E-state index contributed by atoms with van der Waals surface area (Å²) >= 11 is 1.82. The van der Waals surface area contributed by atoms with Crippen LogP contribution in [-0.2, 0) is 18.9 Å². The molecule has 1 unspecified atom stereocenters. The summed E-state index contributed by atoms with van der Waals surface area (Å²) in [6, 6.07) is 0. The molecule has 1 rings (SSSR count). The lowest BCUT2D eigenvalue weighted by Gasteiger charge is -2.26. The van der Waals surface area contributed by atoms with E-state index in [0.717, 1.165) is 45.7 Å². The van der Waals surface area contributed by atoms with E-state index in [-0.39, 0.29) is 17.6 Å². The Kier molecular flexibility index (Phi) is 15.1. The largest absolute Gasteiger partial charge is 0.380 e. The second kappa shape index (κ2) is 16.2. The van der Waals surface area contributed by atoms with Crippen LogP contribution in [0.4, 0.5) is 0 Å². The summed E-state index contributed by atoms with van der Waals surface area (Å²) in [6.07, 6.45) is 10.7. The van der Waals surface area contributed by atoms with Gasteiger partial charge >= 0.3 is 0 Å². The molecule has 1 aliphatic heterocycles. The summed E-state index contributed by atoms with van der Waals surface area (Å²) in [6.45, 7) is 9.81. The van der Waals surface area contributed by atoms with E-state index in [1.165, 1.54) is 38.5 Å². The minimum Gasteiger partial charge on any atom is -0.380 e. The zero-order chi connectivity index (χ0) is 19.0. The minimum absolute atomic E-state index is 0.00715. The van der Waals surface area contributed by atoms with Crippen molar-refractivity contribution in [2.24, 2.45) is 0 Å². The van der Waals surface area contributed by atoms with Crippen molar-refractivity contribution in [1.29, 1.82) is 0 Å². The van der Waals surface area contributed by atoms with Gasteiger partial charge < -0.3 is 18.9 Å². The first-order valence-corrected chi connectivity index (χ1v) is 11.7. The predicted octanol–water partition coefficient (Wildman–Crippen LogP) is 5.43. The molecule has 1 saturated heterocycles. The zero-order valence-electron chi connectivity index (χ0n) is 17.5. The fraction of sp³-hybridized carbons (Fsp3) is 1.00. The molecule has 0 spiro atoms. The summed E-state index contributed by atoms with van der Waals surface area (Å²) < 4.78 is 24.2. The van der Waals surface area contributed by atoms with E-state index in [9.17, 15) is 0 Å². The van der Waals surface area contributed by atoms with Gasteiger partial charge in [-0.3, -0.25) is 0 Å². The number of ether oxygens (including phenoxy) is 4. The van der Waals surface area contributed by atoms with Gasteiger partial charge in [-0.1, -0.05) is 59.3 Å². The van der Waals surface area contributed by atoms with Crippen molar-refractivity contribution in [2.45, 2.75) is 101 Å². The molecule has 26 heavy (non-hydrogen) atoms. The lowest BCUT2D eigenvalue weighted by Crippen LogP contribution is -2.40. The first-order chi connectivity index (χ1) is 12.8. The predicted molar refractivity (Wildman–Crippen MR) is 111 cm³/mol. The molecule has 156 valence electrons. The van der Waals surface area contributed by atoms with Crippen LogP contribution in [0, 0.1) is 0 Å². The van der Waals surface area contributed by atoms with Crippen LogP contribution < -0.4 is 0 Å². The van der Waals surface area contributed by atoms with Crippen LogP contribution in [0.5, 0.6) is 0 Å². The zero-order valence-corrected chi connectivity index (χ0v) is 18.4. The van der Waals surface area contributed by atoms with Crippen molar-refractivity contribution < 1.29 is 18.9 Å². The summed E-state index contributed by atoms with van der Waals surface area (Å²) in [4.78, 5) is 0. The molecular formula is C21H42O4S. The maximum absolute atomic E-state index is 6.29. The highest BCUT2D eigenvalue weighted by Crippen LogP contribution is 2.39. The van der Waals surface area contributed by atoms with Crippen molar-refractivity contribution >= 4 is 11.8 Å².